The first-order valence-electron chi connectivity index (χ1n) is 13.3. The molecule has 0 amide bonds. The van der Waals surface area contributed by atoms with Crippen LogP contribution in [0.25, 0.3) is 11.8 Å². The molecule has 1 aromatic rings. The Morgan fingerprint density at radius 3 is 2.74 bits per heavy atom. The van der Waals surface area contributed by atoms with Gasteiger partial charge < -0.3 is 4.90 Å². The summed E-state index contributed by atoms with van der Waals surface area (Å²) in [7, 11) is 0. The Kier molecular flexibility index (Phi) is 7.22. The molecule has 34 heavy (non-hydrogen) atoms. The van der Waals surface area contributed by atoms with Crippen LogP contribution in [0.4, 0.5) is 0 Å². The topological polar surface area (TPSA) is 45.6 Å². The smallest absolute Gasteiger partial charge is 0.158 e. The zero-order valence-electron chi connectivity index (χ0n) is 20.5. The van der Waals surface area contributed by atoms with Crippen LogP contribution in [0.15, 0.2) is 53.3 Å². The highest BCUT2D eigenvalue weighted by Gasteiger charge is 2.24. The summed E-state index contributed by atoms with van der Waals surface area (Å²) in [5, 5.41) is 0. The monoisotopic (exact) mass is 455 g/mol. The summed E-state index contributed by atoms with van der Waals surface area (Å²) in [6.07, 6.45) is 25.9. The van der Waals surface area contributed by atoms with Crippen molar-refractivity contribution in [2.45, 2.75) is 71.1 Å². The molecule has 2 aliphatic heterocycles. The van der Waals surface area contributed by atoms with Gasteiger partial charge in [-0.1, -0.05) is 38.0 Å². The fraction of sp³-hybridized carbons (Fsp3) is 0.500. The molecule has 0 bridgehead atoms. The Morgan fingerprint density at radius 2 is 1.88 bits per heavy atom. The highest BCUT2D eigenvalue weighted by molar-refractivity contribution is 6.08. The van der Waals surface area contributed by atoms with Gasteiger partial charge >= 0.3 is 0 Å². The standard InChI is InChI=1S/C30H37N3O/c1-22-8-6-9-23-18-25(21-31-28(23)14-12-22)30-20-27(34)19-24-10-7-11-26(13-15-29(24)32-30)33-16-4-2-3-5-17-33/h6,9,11,13,15,18,20-22,24H,2-5,7-8,10,12,14,16-17,19H2,1H3/b9-6-,15-13-,26-11+. The zero-order chi connectivity index (χ0) is 23.3. The number of ketones is 1. The lowest BCUT2D eigenvalue weighted by Gasteiger charge is -2.26. The van der Waals surface area contributed by atoms with Gasteiger partial charge in [0.2, 0.25) is 0 Å². The van der Waals surface area contributed by atoms with Crippen molar-refractivity contribution in [3.05, 3.63) is 65.2 Å². The van der Waals surface area contributed by atoms with Crippen molar-refractivity contribution in [1.29, 1.82) is 0 Å². The van der Waals surface area contributed by atoms with Gasteiger partial charge in [-0.2, -0.15) is 0 Å². The van der Waals surface area contributed by atoms with Crippen molar-refractivity contribution in [3.63, 3.8) is 0 Å². The number of likely N-dealkylation sites (tertiary alicyclic amines) is 1. The van der Waals surface area contributed by atoms with Crippen molar-refractivity contribution >= 4 is 23.3 Å². The van der Waals surface area contributed by atoms with Gasteiger partial charge in [0.25, 0.3) is 0 Å². The summed E-state index contributed by atoms with van der Waals surface area (Å²) in [6.45, 7) is 4.58. The molecule has 3 heterocycles. The summed E-state index contributed by atoms with van der Waals surface area (Å²) >= 11 is 0. The van der Waals surface area contributed by atoms with Gasteiger partial charge in [0.05, 0.1) is 5.70 Å². The maximum atomic E-state index is 12.9. The predicted octanol–water partition coefficient (Wildman–Crippen LogP) is 6.55. The third-order valence-corrected chi connectivity index (χ3v) is 7.69. The van der Waals surface area contributed by atoms with E-state index in [0.29, 0.717) is 12.3 Å². The van der Waals surface area contributed by atoms with E-state index in [1.165, 1.54) is 36.9 Å². The predicted molar refractivity (Wildman–Crippen MR) is 140 cm³/mol. The van der Waals surface area contributed by atoms with Crippen molar-refractivity contribution in [3.8, 4) is 0 Å². The highest BCUT2D eigenvalue weighted by atomic mass is 16.1. The fourth-order valence-electron chi connectivity index (χ4n) is 5.56. The van der Waals surface area contributed by atoms with E-state index >= 15 is 0 Å². The van der Waals surface area contributed by atoms with Crippen molar-refractivity contribution < 1.29 is 4.79 Å². The van der Waals surface area contributed by atoms with Gasteiger partial charge in [0.15, 0.2) is 5.78 Å². The minimum atomic E-state index is 0.167. The Balaban J connectivity index is 1.44. The zero-order valence-corrected chi connectivity index (χ0v) is 20.5. The van der Waals surface area contributed by atoms with Crippen LogP contribution >= 0.6 is 0 Å². The van der Waals surface area contributed by atoms with Crippen LogP contribution in [0.1, 0.15) is 81.5 Å². The molecule has 1 aromatic heterocycles. The molecule has 4 aliphatic rings. The Morgan fingerprint density at radius 1 is 1.03 bits per heavy atom. The van der Waals surface area contributed by atoms with Gasteiger partial charge in [0.1, 0.15) is 0 Å². The van der Waals surface area contributed by atoms with Crippen molar-refractivity contribution in [2.75, 3.05) is 13.1 Å². The van der Waals surface area contributed by atoms with E-state index in [1.54, 1.807) is 6.08 Å². The summed E-state index contributed by atoms with van der Waals surface area (Å²) in [5.74, 6) is 1.04. The van der Waals surface area contributed by atoms with Crippen molar-refractivity contribution in [1.82, 2.24) is 9.88 Å². The lowest BCUT2D eigenvalue weighted by molar-refractivity contribution is -0.115. The molecule has 2 unspecified atom stereocenters. The first kappa shape index (κ1) is 23.0. The molecule has 4 nitrogen and oxygen atoms in total. The number of carbonyl (C=O) groups excluding carboxylic acids is 1. The molecule has 1 fully saturated rings. The number of hydrogen-bond donors (Lipinski definition) is 0. The fourth-order valence-corrected chi connectivity index (χ4v) is 5.56. The van der Waals surface area contributed by atoms with Crippen molar-refractivity contribution in [2.24, 2.45) is 16.8 Å². The lowest BCUT2D eigenvalue weighted by Crippen LogP contribution is -2.24. The Bertz CT molecular complexity index is 1070. The second-order valence-electron chi connectivity index (χ2n) is 10.4. The van der Waals surface area contributed by atoms with E-state index in [-0.39, 0.29) is 11.7 Å². The molecule has 0 N–H and O–H groups in total. The van der Waals surface area contributed by atoms with Crippen LogP contribution in [-0.2, 0) is 11.2 Å². The molecule has 4 heteroatoms. The second kappa shape index (κ2) is 10.7. The maximum Gasteiger partial charge on any atom is 0.158 e. The highest BCUT2D eigenvalue weighted by Crippen LogP contribution is 2.30. The molecule has 0 aromatic carbocycles. The van der Waals surface area contributed by atoms with Crippen LogP contribution in [0.3, 0.4) is 0 Å². The van der Waals surface area contributed by atoms with Gasteiger partial charge in [0, 0.05) is 60.4 Å². The minimum Gasteiger partial charge on any atom is -0.372 e. The number of aromatic nitrogens is 1. The maximum absolute atomic E-state index is 12.9. The second-order valence-corrected chi connectivity index (χ2v) is 10.4. The molecule has 0 spiro atoms. The lowest BCUT2D eigenvalue weighted by atomic mass is 9.90. The number of aryl methyl sites for hydroxylation is 1. The number of carbonyl (C=O) groups is 1. The van der Waals surface area contributed by atoms with Gasteiger partial charge in [-0.15, -0.1) is 0 Å². The average Bonchev–Trinajstić information content (AvgIpc) is 3.17. The van der Waals surface area contributed by atoms with E-state index < -0.39 is 0 Å². The van der Waals surface area contributed by atoms with E-state index in [9.17, 15) is 4.79 Å². The third-order valence-electron chi connectivity index (χ3n) is 7.69. The number of rotatable bonds is 2. The van der Waals surface area contributed by atoms with Gasteiger partial charge in [-0.05, 0) is 74.6 Å². The van der Waals surface area contributed by atoms with E-state index in [4.69, 9.17) is 9.98 Å². The molecule has 0 saturated carbocycles. The summed E-state index contributed by atoms with van der Waals surface area (Å²) < 4.78 is 0. The number of hydrogen-bond acceptors (Lipinski definition) is 4. The van der Waals surface area contributed by atoms with E-state index in [1.807, 2.05) is 6.20 Å². The summed E-state index contributed by atoms with van der Waals surface area (Å²) in [6, 6.07) is 2.17. The summed E-state index contributed by atoms with van der Waals surface area (Å²) in [5.41, 5.74) is 6.37. The molecule has 2 atom stereocenters. The van der Waals surface area contributed by atoms with Crippen LogP contribution in [0.5, 0.6) is 0 Å². The first-order valence-corrected chi connectivity index (χ1v) is 13.3. The van der Waals surface area contributed by atoms with E-state index in [2.05, 4.69) is 48.3 Å². The van der Waals surface area contributed by atoms with Gasteiger partial charge in [-0.25, -0.2) is 0 Å². The quantitative estimate of drug-likeness (QED) is 0.508. The number of pyridine rings is 1. The van der Waals surface area contributed by atoms with Crippen LogP contribution in [0, 0.1) is 11.8 Å². The Labute approximate surface area is 204 Å². The van der Waals surface area contributed by atoms with Crippen LogP contribution in [-0.4, -0.2) is 34.5 Å². The molecular weight excluding hydrogens is 418 g/mol. The third kappa shape index (κ3) is 5.48. The van der Waals surface area contributed by atoms with Crippen LogP contribution < -0.4 is 0 Å². The normalized spacial score (nSPS) is 29.3. The number of fused-ring (bicyclic) bond motifs is 2. The number of allylic oxidation sites excluding steroid dienone is 5. The number of nitrogens with zero attached hydrogens (tertiary/aromatic N) is 3. The Hall–Kier alpha value is -2.75. The largest absolute Gasteiger partial charge is 0.372 e. The molecule has 1 saturated heterocycles. The van der Waals surface area contributed by atoms with E-state index in [0.717, 1.165) is 67.9 Å². The SMILES string of the molecule is CC1C/C=C\c2cc(C3=CC(=O)CC4CC/C=C(N5CCCCCC5)\C=C/C4=N3)cnc2CC1. The number of aliphatic imine (C=N–C) groups is 1. The summed E-state index contributed by atoms with van der Waals surface area (Å²) in [4.78, 5) is 25.3. The van der Waals surface area contributed by atoms with Crippen LogP contribution in [0.2, 0.25) is 0 Å². The molecule has 2 aliphatic carbocycles. The molecule has 178 valence electrons. The molecule has 5 rings (SSSR count). The minimum absolute atomic E-state index is 0.167. The average molecular weight is 456 g/mol. The molecule has 0 radical (unpaired) electrons. The first-order chi connectivity index (χ1) is 16.7. The molecular formula is C30H37N3O. The van der Waals surface area contributed by atoms with Gasteiger partial charge in [-0.3, -0.25) is 14.8 Å².